The summed E-state index contributed by atoms with van der Waals surface area (Å²) in [6, 6.07) is 70.5. The van der Waals surface area contributed by atoms with E-state index >= 15 is 0 Å². The third kappa shape index (κ3) is 5.04. The number of aromatic nitrogens is 3. The van der Waals surface area contributed by atoms with Crippen molar-refractivity contribution < 1.29 is 4.42 Å². The van der Waals surface area contributed by atoms with E-state index in [-0.39, 0.29) is 0 Å². The van der Waals surface area contributed by atoms with E-state index in [9.17, 15) is 0 Å². The number of para-hydroxylation sites is 1. The molecule has 8 aromatic carbocycles. The van der Waals surface area contributed by atoms with Crippen LogP contribution in [0.5, 0.6) is 0 Å². The van der Waals surface area contributed by atoms with Gasteiger partial charge in [0.15, 0.2) is 17.5 Å². The van der Waals surface area contributed by atoms with Gasteiger partial charge in [-0.3, -0.25) is 0 Å². The van der Waals surface area contributed by atoms with Crippen molar-refractivity contribution in [2.24, 2.45) is 0 Å². The van der Waals surface area contributed by atoms with Crippen LogP contribution in [0.4, 0.5) is 0 Å². The predicted molar refractivity (Wildman–Crippen MR) is 226 cm³/mol. The van der Waals surface area contributed by atoms with Gasteiger partial charge in [0, 0.05) is 27.5 Å². The van der Waals surface area contributed by atoms with Crippen LogP contribution < -0.4 is 0 Å². The standard InChI is InChI=1S/C52H33N3O/c1-3-14-34(15-4-1)35-26-28-36(29-27-35)49-53-50(55-51(54-49)38-30-31-44-43-22-9-12-25-47(43)56-48(44)33-38)37-16-13-19-40(32-37)52(39-17-5-2-6-18-39)45-23-10-7-20-41(45)42-21-8-11-24-46(42)52/h1-33H. The second-order valence-electron chi connectivity index (χ2n) is 14.3. The fraction of sp³-hybridized carbons (Fsp3) is 0.0192. The summed E-state index contributed by atoms with van der Waals surface area (Å²) in [6.07, 6.45) is 0. The minimum absolute atomic E-state index is 0.539. The van der Waals surface area contributed by atoms with Gasteiger partial charge in [-0.05, 0) is 68.8 Å². The normalized spacial score (nSPS) is 12.8. The van der Waals surface area contributed by atoms with E-state index in [0.717, 1.165) is 55.3 Å². The monoisotopic (exact) mass is 715 g/mol. The van der Waals surface area contributed by atoms with Gasteiger partial charge >= 0.3 is 0 Å². The van der Waals surface area contributed by atoms with Crippen LogP contribution in [-0.2, 0) is 5.41 Å². The Morgan fingerprint density at radius 3 is 1.52 bits per heavy atom. The maximum absolute atomic E-state index is 6.31. The molecule has 10 aromatic rings. The van der Waals surface area contributed by atoms with E-state index in [0.29, 0.717) is 17.5 Å². The number of fused-ring (bicyclic) bond motifs is 6. The first kappa shape index (κ1) is 32.0. The van der Waals surface area contributed by atoms with Crippen molar-refractivity contribution in [1.82, 2.24) is 15.0 Å². The fourth-order valence-electron chi connectivity index (χ4n) is 8.67. The lowest BCUT2D eigenvalue weighted by Gasteiger charge is -2.34. The van der Waals surface area contributed by atoms with Crippen molar-refractivity contribution in [2.75, 3.05) is 0 Å². The average Bonchev–Trinajstić information content (AvgIpc) is 3.80. The molecule has 0 saturated carbocycles. The molecule has 4 heteroatoms. The summed E-state index contributed by atoms with van der Waals surface area (Å²) in [5.74, 6) is 1.79. The van der Waals surface area contributed by atoms with Crippen molar-refractivity contribution in [1.29, 1.82) is 0 Å². The number of furan rings is 1. The summed E-state index contributed by atoms with van der Waals surface area (Å²) in [5, 5.41) is 2.15. The molecule has 4 nitrogen and oxygen atoms in total. The largest absolute Gasteiger partial charge is 0.456 e. The van der Waals surface area contributed by atoms with Crippen LogP contribution in [-0.4, -0.2) is 15.0 Å². The summed E-state index contributed by atoms with van der Waals surface area (Å²) in [6.45, 7) is 0. The first-order valence-corrected chi connectivity index (χ1v) is 18.9. The van der Waals surface area contributed by atoms with Crippen LogP contribution >= 0.6 is 0 Å². The second kappa shape index (κ2) is 12.9. The van der Waals surface area contributed by atoms with E-state index in [1.54, 1.807) is 0 Å². The van der Waals surface area contributed by atoms with Gasteiger partial charge in [-0.15, -0.1) is 0 Å². The van der Waals surface area contributed by atoms with Gasteiger partial charge < -0.3 is 4.42 Å². The Balaban J connectivity index is 1.11. The highest BCUT2D eigenvalue weighted by Crippen LogP contribution is 2.56. The van der Waals surface area contributed by atoms with E-state index in [4.69, 9.17) is 19.4 Å². The highest BCUT2D eigenvalue weighted by Gasteiger charge is 2.45. The van der Waals surface area contributed by atoms with E-state index in [1.807, 2.05) is 30.3 Å². The van der Waals surface area contributed by atoms with Gasteiger partial charge in [-0.25, -0.2) is 15.0 Å². The van der Waals surface area contributed by atoms with Gasteiger partial charge in [0.2, 0.25) is 0 Å². The first-order chi connectivity index (χ1) is 27.7. The molecular formula is C52H33N3O. The zero-order valence-corrected chi connectivity index (χ0v) is 30.3. The molecule has 56 heavy (non-hydrogen) atoms. The summed E-state index contributed by atoms with van der Waals surface area (Å²) < 4.78 is 6.31. The lowest BCUT2D eigenvalue weighted by Crippen LogP contribution is -2.28. The van der Waals surface area contributed by atoms with Crippen LogP contribution in [0.2, 0.25) is 0 Å². The zero-order valence-electron chi connectivity index (χ0n) is 30.3. The van der Waals surface area contributed by atoms with Crippen LogP contribution in [0.3, 0.4) is 0 Å². The maximum Gasteiger partial charge on any atom is 0.164 e. The zero-order chi connectivity index (χ0) is 37.1. The number of rotatable bonds is 6. The van der Waals surface area contributed by atoms with Crippen molar-refractivity contribution in [3.8, 4) is 56.4 Å². The Labute approximate surface area is 324 Å². The molecule has 0 amide bonds. The molecule has 0 radical (unpaired) electrons. The van der Waals surface area contributed by atoms with Gasteiger partial charge in [0.1, 0.15) is 11.2 Å². The Morgan fingerprint density at radius 1 is 0.321 bits per heavy atom. The molecule has 2 aromatic heterocycles. The predicted octanol–water partition coefficient (Wildman–Crippen LogP) is 12.8. The molecule has 0 atom stereocenters. The molecule has 11 rings (SSSR count). The third-order valence-corrected chi connectivity index (χ3v) is 11.2. The summed E-state index contributed by atoms with van der Waals surface area (Å²) >= 11 is 0. The summed E-state index contributed by atoms with van der Waals surface area (Å²) in [4.78, 5) is 15.5. The topological polar surface area (TPSA) is 51.8 Å². The molecule has 0 saturated heterocycles. The molecule has 0 bridgehead atoms. The number of nitrogens with zero attached hydrogens (tertiary/aromatic N) is 3. The highest BCUT2D eigenvalue weighted by atomic mass is 16.3. The van der Waals surface area contributed by atoms with Gasteiger partial charge in [0.05, 0.1) is 5.41 Å². The molecule has 0 N–H and O–H groups in total. The molecule has 0 unspecified atom stereocenters. The number of benzene rings is 8. The lowest BCUT2D eigenvalue weighted by molar-refractivity contribution is 0.669. The lowest BCUT2D eigenvalue weighted by atomic mass is 9.67. The molecular weight excluding hydrogens is 683 g/mol. The van der Waals surface area contributed by atoms with Crippen molar-refractivity contribution >= 4 is 21.9 Å². The van der Waals surface area contributed by atoms with Crippen molar-refractivity contribution in [3.05, 3.63) is 222 Å². The smallest absolute Gasteiger partial charge is 0.164 e. The minimum atomic E-state index is -0.539. The van der Waals surface area contributed by atoms with Crippen LogP contribution in [0.25, 0.3) is 78.4 Å². The molecule has 262 valence electrons. The number of hydrogen-bond donors (Lipinski definition) is 0. The number of hydrogen-bond acceptors (Lipinski definition) is 4. The van der Waals surface area contributed by atoms with Gasteiger partial charge in [0.25, 0.3) is 0 Å². The minimum Gasteiger partial charge on any atom is -0.456 e. The molecule has 0 spiro atoms. The van der Waals surface area contributed by atoms with Gasteiger partial charge in [-0.1, -0.05) is 176 Å². The Morgan fingerprint density at radius 2 is 0.804 bits per heavy atom. The average molecular weight is 716 g/mol. The van der Waals surface area contributed by atoms with Crippen LogP contribution in [0.1, 0.15) is 22.3 Å². The molecule has 2 heterocycles. The van der Waals surface area contributed by atoms with Crippen molar-refractivity contribution in [2.45, 2.75) is 5.41 Å². The van der Waals surface area contributed by atoms with Gasteiger partial charge in [-0.2, -0.15) is 0 Å². The van der Waals surface area contributed by atoms with E-state index in [2.05, 4.69) is 170 Å². The van der Waals surface area contributed by atoms with E-state index < -0.39 is 5.41 Å². The molecule has 1 aliphatic rings. The Kier molecular flexibility index (Phi) is 7.36. The van der Waals surface area contributed by atoms with Crippen LogP contribution in [0.15, 0.2) is 205 Å². The molecule has 0 aliphatic heterocycles. The SMILES string of the molecule is c1ccc(-c2ccc(-c3nc(-c4cccc(C5(c6ccccc6)c6ccccc6-c6ccccc65)c4)nc(-c4ccc5c(c4)oc4ccccc45)n3)cc2)cc1. The second-order valence-corrected chi connectivity index (χ2v) is 14.3. The first-order valence-electron chi connectivity index (χ1n) is 18.9. The Hall–Kier alpha value is -7.43. The highest BCUT2D eigenvalue weighted by molar-refractivity contribution is 6.05. The third-order valence-electron chi connectivity index (χ3n) is 11.2. The summed E-state index contributed by atoms with van der Waals surface area (Å²) in [7, 11) is 0. The molecule has 1 aliphatic carbocycles. The van der Waals surface area contributed by atoms with Crippen LogP contribution in [0, 0.1) is 0 Å². The van der Waals surface area contributed by atoms with E-state index in [1.165, 1.54) is 27.8 Å². The fourth-order valence-corrected chi connectivity index (χ4v) is 8.67. The quantitative estimate of drug-likeness (QED) is 0.172. The summed E-state index contributed by atoms with van der Waals surface area (Å²) in [5.41, 5.74) is 13.5. The maximum atomic E-state index is 6.31. The van der Waals surface area contributed by atoms with Crippen molar-refractivity contribution in [3.63, 3.8) is 0 Å². The molecule has 0 fully saturated rings. The Bertz CT molecular complexity index is 3030.